The summed E-state index contributed by atoms with van der Waals surface area (Å²) in [7, 11) is 0. The van der Waals surface area contributed by atoms with Crippen LogP contribution in [-0.2, 0) is 6.54 Å². The topological polar surface area (TPSA) is 73.2 Å². The fraction of sp³-hybridized carbons (Fsp3) is 0.0870. The third kappa shape index (κ3) is 4.04. The molecule has 0 spiro atoms. The number of hydrogen-bond donors (Lipinski definition) is 1. The number of nitrogens with one attached hydrogen (secondary N) is 1. The van der Waals surface area contributed by atoms with Gasteiger partial charge in [0.2, 0.25) is 5.43 Å². The summed E-state index contributed by atoms with van der Waals surface area (Å²) in [6.45, 7) is 2.39. The lowest BCUT2D eigenvalue weighted by Gasteiger charge is -2.11. The average molecular weight is 420 g/mol. The molecule has 1 heterocycles. The molecule has 30 heavy (non-hydrogen) atoms. The molecular formula is C23H18ClN3O3. The van der Waals surface area contributed by atoms with Gasteiger partial charge >= 0.3 is 0 Å². The minimum atomic E-state index is -0.583. The lowest BCUT2D eigenvalue weighted by atomic mass is 10.2. The van der Waals surface area contributed by atoms with Crippen LogP contribution < -0.4 is 15.5 Å². The van der Waals surface area contributed by atoms with Crippen LogP contribution in [0.1, 0.15) is 17.4 Å². The van der Waals surface area contributed by atoms with Gasteiger partial charge in [-0.1, -0.05) is 29.8 Å². The maximum Gasteiger partial charge on any atom is 0.280 e. The van der Waals surface area contributed by atoms with E-state index < -0.39 is 11.3 Å². The quantitative estimate of drug-likeness (QED) is 0.487. The van der Waals surface area contributed by atoms with Crippen molar-refractivity contribution in [3.63, 3.8) is 0 Å². The highest BCUT2D eigenvalue weighted by atomic mass is 35.5. The normalized spacial score (nSPS) is 10.7. The van der Waals surface area contributed by atoms with Crippen molar-refractivity contribution in [1.82, 2.24) is 9.78 Å². The Labute approximate surface area is 177 Å². The largest absolute Gasteiger partial charge is 0.457 e. The van der Waals surface area contributed by atoms with Crippen molar-refractivity contribution in [3.8, 4) is 11.5 Å². The molecule has 0 saturated heterocycles. The number of carbonyl (C=O) groups excluding carboxylic acids is 1. The minimum Gasteiger partial charge on any atom is -0.457 e. The molecule has 6 nitrogen and oxygen atoms in total. The van der Waals surface area contributed by atoms with E-state index >= 15 is 0 Å². The Kier molecular flexibility index (Phi) is 5.50. The molecule has 0 bridgehead atoms. The van der Waals surface area contributed by atoms with Gasteiger partial charge in [0.1, 0.15) is 11.5 Å². The van der Waals surface area contributed by atoms with E-state index in [-0.39, 0.29) is 5.69 Å². The summed E-state index contributed by atoms with van der Waals surface area (Å²) in [4.78, 5) is 25.6. The van der Waals surface area contributed by atoms with Crippen molar-refractivity contribution in [3.05, 3.63) is 93.7 Å². The first-order valence-corrected chi connectivity index (χ1v) is 9.77. The van der Waals surface area contributed by atoms with E-state index in [1.165, 1.54) is 0 Å². The molecule has 3 aromatic carbocycles. The summed E-state index contributed by atoms with van der Waals surface area (Å²) in [6, 6.07) is 21.2. The molecule has 4 aromatic rings. The number of aromatic nitrogens is 2. The number of carbonyl (C=O) groups is 1. The van der Waals surface area contributed by atoms with Crippen molar-refractivity contribution >= 4 is 34.1 Å². The zero-order valence-electron chi connectivity index (χ0n) is 16.1. The number of fused-ring (bicyclic) bond motifs is 1. The number of ether oxygens (including phenoxy) is 1. The molecule has 0 aliphatic heterocycles. The second kappa shape index (κ2) is 8.39. The summed E-state index contributed by atoms with van der Waals surface area (Å²) < 4.78 is 7.35. The van der Waals surface area contributed by atoms with E-state index in [9.17, 15) is 9.59 Å². The molecule has 0 aliphatic carbocycles. The van der Waals surface area contributed by atoms with Crippen LogP contribution in [-0.4, -0.2) is 15.7 Å². The highest BCUT2D eigenvalue weighted by molar-refractivity contribution is 6.31. The predicted molar refractivity (Wildman–Crippen MR) is 118 cm³/mol. The first-order chi connectivity index (χ1) is 14.5. The number of anilines is 1. The molecule has 0 unspecified atom stereocenters. The van der Waals surface area contributed by atoms with Crippen molar-refractivity contribution in [2.45, 2.75) is 13.5 Å². The fourth-order valence-corrected chi connectivity index (χ4v) is 3.25. The van der Waals surface area contributed by atoms with Gasteiger partial charge in [-0.25, -0.2) is 0 Å². The minimum absolute atomic E-state index is 0.184. The monoisotopic (exact) mass is 419 g/mol. The van der Waals surface area contributed by atoms with Crippen LogP contribution in [0.2, 0.25) is 5.02 Å². The first kappa shape index (κ1) is 19.7. The molecule has 1 amide bonds. The third-order valence-electron chi connectivity index (χ3n) is 4.52. The third-order valence-corrected chi connectivity index (χ3v) is 4.76. The number of benzene rings is 3. The van der Waals surface area contributed by atoms with Crippen LogP contribution in [0.4, 0.5) is 5.69 Å². The van der Waals surface area contributed by atoms with Crippen molar-refractivity contribution in [1.29, 1.82) is 0 Å². The molecule has 4 rings (SSSR count). The first-order valence-electron chi connectivity index (χ1n) is 9.40. The number of amides is 1. The summed E-state index contributed by atoms with van der Waals surface area (Å²) in [5.74, 6) is 0.764. The van der Waals surface area contributed by atoms with Crippen molar-refractivity contribution < 1.29 is 9.53 Å². The van der Waals surface area contributed by atoms with Gasteiger partial charge in [0.15, 0.2) is 5.69 Å². The molecule has 7 heteroatoms. The van der Waals surface area contributed by atoms with Crippen LogP contribution in [0, 0.1) is 0 Å². The average Bonchev–Trinajstić information content (AvgIpc) is 2.76. The van der Waals surface area contributed by atoms with Crippen molar-refractivity contribution in [2.24, 2.45) is 0 Å². The molecule has 0 atom stereocenters. The van der Waals surface area contributed by atoms with Crippen LogP contribution in [0.5, 0.6) is 11.5 Å². The van der Waals surface area contributed by atoms with Crippen LogP contribution in [0.15, 0.2) is 77.6 Å². The lowest BCUT2D eigenvalue weighted by molar-refractivity contribution is 0.101. The molecule has 150 valence electrons. The number of rotatable bonds is 5. The summed E-state index contributed by atoms with van der Waals surface area (Å²) in [6.07, 6.45) is 0. The number of aryl methyl sites for hydroxylation is 1. The number of hydrogen-bond acceptors (Lipinski definition) is 4. The highest BCUT2D eigenvalue weighted by Gasteiger charge is 2.17. The van der Waals surface area contributed by atoms with E-state index in [0.29, 0.717) is 39.7 Å². The highest BCUT2D eigenvalue weighted by Crippen LogP contribution is 2.23. The maximum absolute atomic E-state index is 12.8. The van der Waals surface area contributed by atoms with Gasteiger partial charge in [-0.2, -0.15) is 5.10 Å². The van der Waals surface area contributed by atoms with Gasteiger partial charge in [-0.3, -0.25) is 14.3 Å². The van der Waals surface area contributed by atoms with Crippen LogP contribution in [0.25, 0.3) is 10.9 Å². The van der Waals surface area contributed by atoms with Gasteiger partial charge in [0.05, 0.1) is 10.9 Å². The maximum atomic E-state index is 12.8. The van der Waals surface area contributed by atoms with Crippen LogP contribution >= 0.6 is 11.6 Å². The Morgan fingerprint density at radius 2 is 1.73 bits per heavy atom. The number of para-hydroxylation sites is 1. The molecule has 1 aromatic heterocycles. The molecular weight excluding hydrogens is 402 g/mol. The Morgan fingerprint density at radius 1 is 1.03 bits per heavy atom. The Morgan fingerprint density at radius 3 is 2.43 bits per heavy atom. The predicted octanol–water partition coefficient (Wildman–Crippen LogP) is 5.11. The van der Waals surface area contributed by atoms with Crippen molar-refractivity contribution in [2.75, 3.05) is 5.32 Å². The number of halogens is 1. The van der Waals surface area contributed by atoms with E-state index in [0.717, 1.165) is 0 Å². The van der Waals surface area contributed by atoms with E-state index in [2.05, 4.69) is 10.4 Å². The van der Waals surface area contributed by atoms with Gasteiger partial charge < -0.3 is 10.1 Å². The van der Waals surface area contributed by atoms with E-state index in [4.69, 9.17) is 16.3 Å². The Hall–Kier alpha value is -3.64. The van der Waals surface area contributed by atoms with Crippen LogP contribution in [0.3, 0.4) is 0 Å². The van der Waals surface area contributed by atoms with Gasteiger partial charge in [0, 0.05) is 17.3 Å². The fourth-order valence-electron chi connectivity index (χ4n) is 3.07. The van der Waals surface area contributed by atoms with Gasteiger partial charge in [-0.15, -0.1) is 0 Å². The lowest BCUT2D eigenvalue weighted by Crippen LogP contribution is -2.27. The smallest absolute Gasteiger partial charge is 0.280 e. The standard InChI is InChI=1S/C23H18ClN3O3/c1-2-27-20-13-8-15(24)14-19(20)22(28)21(26-27)23(29)25-16-9-11-18(12-10-16)30-17-6-4-3-5-7-17/h3-14H,2H2,1H3,(H,25,29). The molecule has 0 fully saturated rings. The second-order valence-electron chi connectivity index (χ2n) is 6.55. The Balaban J connectivity index is 1.59. The van der Waals surface area contributed by atoms with Gasteiger partial charge in [-0.05, 0) is 61.5 Å². The summed E-state index contributed by atoms with van der Waals surface area (Å²) >= 11 is 6.04. The van der Waals surface area contributed by atoms with E-state index in [1.54, 1.807) is 47.1 Å². The Bertz CT molecular complexity index is 1270. The second-order valence-corrected chi connectivity index (χ2v) is 6.99. The zero-order chi connectivity index (χ0) is 21.1. The SMILES string of the molecule is CCn1nc(C(=O)Nc2ccc(Oc3ccccc3)cc2)c(=O)c2cc(Cl)ccc21. The summed E-state index contributed by atoms with van der Waals surface area (Å²) in [5, 5.41) is 7.74. The number of nitrogens with zero attached hydrogens (tertiary/aromatic N) is 2. The summed E-state index contributed by atoms with van der Waals surface area (Å²) in [5.41, 5.74) is 0.511. The van der Waals surface area contributed by atoms with Gasteiger partial charge in [0.25, 0.3) is 5.91 Å². The molecule has 1 N–H and O–H groups in total. The van der Waals surface area contributed by atoms with E-state index in [1.807, 2.05) is 37.3 Å². The zero-order valence-corrected chi connectivity index (χ0v) is 16.9. The molecule has 0 aliphatic rings. The molecule has 0 radical (unpaired) electrons. The molecule has 0 saturated carbocycles.